The molecule has 1 rings (SSSR count). The number of nitrogens with zero attached hydrogens (tertiary/aromatic N) is 1. The Hall–Kier alpha value is -0.713. The van der Waals surface area contributed by atoms with Gasteiger partial charge in [-0.05, 0) is 35.7 Å². The molecular formula is C17H31NO2Si. The van der Waals surface area contributed by atoms with E-state index in [4.69, 9.17) is 4.43 Å². The third-order valence-electron chi connectivity index (χ3n) is 4.26. The smallest absolute Gasteiger partial charge is 0.193 e. The molecule has 3 nitrogen and oxygen atoms in total. The lowest BCUT2D eigenvalue weighted by Crippen LogP contribution is -2.44. The fraction of sp³-hybridized carbons (Fsp3) is 0.706. The Morgan fingerprint density at radius 1 is 1.14 bits per heavy atom. The normalized spacial score (nSPS) is 15.1. The van der Waals surface area contributed by atoms with Gasteiger partial charge in [0.1, 0.15) is 0 Å². The van der Waals surface area contributed by atoms with Gasteiger partial charge in [0.15, 0.2) is 8.32 Å². The van der Waals surface area contributed by atoms with Crippen LogP contribution in [0.1, 0.15) is 59.0 Å². The Kier molecular flexibility index (Phi) is 5.40. The third kappa shape index (κ3) is 4.63. The largest absolute Gasteiger partial charge is 0.408 e. The van der Waals surface area contributed by atoms with Gasteiger partial charge in [-0.25, -0.2) is 0 Å². The molecule has 0 radical (unpaired) electrons. The number of hydrogen-bond donors (Lipinski definition) is 1. The summed E-state index contributed by atoms with van der Waals surface area (Å²) in [4.78, 5) is 4.57. The van der Waals surface area contributed by atoms with Crippen LogP contribution in [0.15, 0.2) is 18.2 Å². The Labute approximate surface area is 130 Å². The molecule has 1 aromatic rings. The molecule has 0 aliphatic heterocycles. The Morgan fingerprint density at radius 2 is 1.71 bits per heavy atom. The van der Waals surface area contributed by atoms with E-state index in [1.54, 1.807) is 0 Å². The highest BCUT2D eigenvalue weighted by molar-refractivity contribution is 6.74. The quantitative estimate of drug-likeness (QED) is 0.821. The summed E-state index contributed by atoms with van der Waals surface area (Å²) >= 11 is 0. The standard InChI is InChI=1S/C17H31NO2Si/c1-16(2,3)15(20-21(7,8)17(4,5)6)14-11-9-10-13(12-19)18-14/h9-11,15,19H,12H2,1-8H3/t15-/m1/s1. The maximum Gasteiger partial charge on any atom is 0.193 e. The summed E-state index contributed by atoms with van der Waals surface area (Å²) in [6, 6.07) is 5.79. The summed E-state index contributed by atoms with van der Waals surface area (Å²) < 4.78 is 6.65. The fourth-order valence-corrected chi connectivity index (χ4v) is 3.30. The number of hydrogen-bond acceptors (Lipinski definition) is 3. The first-order valence-corrected chi connectivity index (χ1v) is 10.5. The monoisotopic (exact) mass is 309 g/mol. The third-order valence-corrected chi connectivity index (χ3v) is 8.70. The summed E-state index contributed by atoms with van der Waals surface area (Å²) in [5, 5.41) is 9.47. The average Bonchev–Trinajstić information content (AvgIpc) is 2.33. The summed E-state index contributed by atoms with van der Waals surface area (Å²) in [5.74, 6) is 0. The van der Waals surface area contributed by atoms with Crippen molar-refractivity contribution >= 4 is 8.32 Å². The molecule has 0 saturated carbocycles. The second kappa shape index (κ2) is 6.19. The lowest BCUT2D eigenvalue weighted by Gasteiger charge is -2.43. The van der Waals surface area contributed by atoms with Crippen molar-refractivity contribution in [1.82, 2.24) is 4.98 Å². The molecule has 0 fully saturated rings. The van der Waals surface area contributed by atoms with E-state index in [1.165, 1.54) is 0 Å². The van der Waals surface area contributed by atoms with Crippen molar-refractivity contribution in [3.8, 4) is 0 Å². The SMILES string of the molecule is CC(C)(C)[C@H](O[Si](C)(C)C(C)(C)C)c1cccc(CO)n1. The minimum absolute atomic E-state index is 0.0369. The van der Waals surface area contributed by atoms with Crippen molar-refractivity contribution in [2.75, 3.05) is 0 Å². The highest BCUT2D eigenvalue weighted by Crippen LogP contribution is 2.44. The van der Waals surface area contributed by atoms with Crippen LogP contribution in [0.3, 0.4) is 0 Å². The van der Waals surface area contributed by atoms with Crippen LogP contribution in [0.2, 0.25) is 18.1 Å². The highest BCUT2D eigenvalue weighted by atomic mass is 28.4. The predicted molar refractivity (Wildman–Crippen MR) is 90.6 cm³/mol. The van der Waals surface area contributed by atoms with Crippen molar-refractivity contribution in [3.05, 3.63) is 29.6 Å². The van der Waals surface area contributed by atoms with Gasteiger partial charge in [-0.2, -0.15) is 0 Å². The zero-order valence-corrected chi connectivity index (χ0v) is 15.8. The number of aliphatic hydroxyl groups is 1. The van der Waals surface area contributed by atoms with E-state index in [0.717, 1.165) is 5.69 Å². The molecule has 0 aliphatic rings. The molecule has 1 aromatic heterocycles. The summed E-state index contributed by atoms with van der Waals surface area (Å²) in [5.41, 5.74) is 1.57. The van der Waals surface area contributed by atoms with Gasteiger partial charge in [-0.3, -0.25) is 4.98 Å². The molecule has 0 aliphatic carbocycles. The fourth-order valence-electron chi connectivity index (χ4n) is 1.88. The number of pyridine rings is 1. The second-order valence-corrected chi connectivity index (χ2v) is 13.1. The first-order valence-electron chi connectivity index (χ1n) is 7.63. The number of aromatic nitrogens is 1. The van der Waals surface area contributed by atoms with E-state index < -0.39 is 8.32 Å². The number of aliphatic hydroxyl groups excluding tert-OH is 1. The first kappa shape index (κ1) is 18.3. The van der Waals surface area contributed by atoms with Crippen molar-refractivity contribution in [1.29, 1.82) is 0 Å². The molecule has 120 valence electrons. The van der Waals surface area contributed by atoms with Crippen LogP contribution in [-0.4, -0.2) is 18.4 Å². The van der Waals surface area contributed by atoms with Gasteiger partial charge in [0.2, 0.25) is 0 Å². The van der Waals surface area contributed by atoms with Gasteiger partial charge in [0.25, 0.3) is 0 Å². The zero-order chi connectivity index (χ0) is 16.5. The molecule has 0 amide bonds. The van der Waals surface area contributed by atoms with Crippen LogP contribution in [0.25, 0.3) is 0 Å². The van der Waals surface area contributed by atoms with Crippen molar-refractivity contribution in [3.63, 3.8) is 0 Å². The molecule has 0 saturated heterocycles. The van der Waals surface area contributed by atoms with Gasteiger partial charge in [-0.15, -0.1) is 0 Å². The molecule has 1 atom stereocenters. The topological polar surface area (TPSA) is 42.4 Å². The molecule has 0 spiro atoms. The van der Waals surface area contributed by atoms with Crippen LogP contribution >= 0.6 is 0 Å². The predicted octanol–water partition coefficient (Wildman–Crippen LogP) is 4.68. The lowest BCUT2D eigenvalue weighted by molar-refractivity contribution is 0.0686. The van der Waals surface area contributed by atoms with Crippen LogP contribution in [-0.2, 0) is 11.0 Å². The molecule has 1 N–H and O–H groups in total. The van der Waals surface area contributed by atoms with Gasteiger partial charge in [-0.1, -0.05) is 47.6 Å². The molecule has 0 bridgehead atoms. The maximum atomic E-state index is 9.31. The lowest BCUT2D eigenvalue weighted by atomic mass is 9.87. The molecule has 4 heteroatoms. The molecule has 1 heterocycles. The molecule has 0 unspecified atom stereocenters. The van der Waals surface area contributed by atoms with E-state index in [9.17, 15) is 5.11 Å². The van der Waals surface area contributed by atoms with E-state index in [0.29, 0.717) is 5.69 Å². The van der Waals surface area contributed by atoms with Crippen LogP contribution < -0.4 is 0 Å². The van der Waals surface area contributed by atoms with Gasteiger partial charge in [0, 0.05) is 0 Å². The van der Waals surface area contributed by atoms with E-state index in [1.807, 2.05) is 18.2 Å². The minimum atomic E-state index is -1.89. The van der Waals surface area contributed by atoms with Crippen LogP contribution in [0.5, 0.6) is 0 Å². The van der Waals surface area contributed by atoms with Crippen LogP contribution in [0, 0.1) is 5.41 Å². The van der Waals surface area contributed by atoms with Crippen molar-refractivity contribution < 1.29 is 9.53 Å². The number of rotatable bonds is 4. The molecular weight excluding hydrogens is 278 g/mol. The van der Waals surface area contributed by atoms with Gasteiger partial charge in [0.05, 0.1) is 24.1 Å². The summed E-state index contributed by atoms with van der Waals surface area (Å²) in [6.45, 7) is 17.8. The Bertz CT molecular complexity index is 472. The van der Waals surface area contributed by atoms with Gasteiger partial charge >= 0.3 is 0 Å². The van der Waals surface area contributed by atoms with Gasteiger partial charge < -0.3 is 9.53 Å². The minimum Gasteiger partial charge on any atom is -0.408 e. The van der Waals surface area contributed by atoms with Crippen LogP contribution in [0.4, 0.5) is 0 Å². The molecule has 21 heavy (non-hydrogen) atoms. The average molecular weight is 310 g/mol. The Morgan fingerprint density at radius 3 is 2.14 bits per heavy atom. The molecule has 0 aromatic carbocycles. The zero-order valence-electron chi connectivity index (χ0n) is 14.8. The second-order valence-electron chi connectivity index (χ2n) is 8.34. The Balaban J connectivity index is 3.19. The van der Waals surface area contributed by atoms with Crippen molar-refractivity contribution in [2.24, 2.45) is 5.41 Å². The van der Waals surface area contributed by atoms with E-state index >= 15 is 0 Å². The maximum absolute atomic E-state index is 9.31. The summed E-state index contributed by atoms with van der Waals surface area (Å²) in [6.07, 6.45) is -0.0649. The van der Waals surface area contributed by atoms with E-state index in [2.05, 4.69) is 59.6 Å². The van der Waals surface area contributed by atoms with Crippen molar-refractivity contribution in [2.45, 2.75) is 72.4 Å². The first-order chi connectivity index (χ1) is 9.38. The highest BCUT2D eigenvalue weighted by Gasteiger charge is 2.42. The summed E-state index contributed by atoms with van der Waals surface area (Å²) in [7, 11) is -1.89. The van der Waals surface area contributed by atoms with E-state index in [-0.39, 0.29) is 23.2 Å².